The molecule has 4 rings (SSSR count). The Labute approximate surface area is 154 Å². The van der Waals surface area contributed by atoms with Crippen molar-refractivity contribution in [1.82, 2.24) is 0 Å². The molecule has 0 fully saturated rings. The SMILES string of the molecule is C(=C\c1cccc2c(/C=C/c3ccccc3)cccc12)/c1ccccc1. The minimum atomic E-state index is 1.21. The zero-order valence-corrected chi connectivity index (χ0v) is 14.5. The quantitative estimate of drug-likeness (QED) is 0.347. The molecule has 0 aliphatic rings. The molecule has 0 saturated carbocycles. The van der Waals surface area contributed by atoms with Gasteiger partial charge in [0.25, 0.3) is 0 Å². The third-order valence-electron chi connectivity index (χ3n) is 4.50. The van der Waals surface area contributed by atoms with E-state index in [1.165, 1.54) is 33.0 Å². The molecule has 4 aromatic carbocycles. The van der Waals surface area contributed by atoms with Crippen molar-refractivity contribution in [3.63, 3.8) is 0 Å². The Bertz CT molecular complexity index is 966. The van der Waals surface area contributed by atoms with Gasteiger partial charge in [-0.15, -0.1) is 0 Å². The largest absolute Gasteiger partial charge is 0.0622 e. The van der Waals surface area contributed by atoms with Crippen LogP contribution in [0.1, 0.15) is 22.3 Å². The third-order valence-corrected chi connectivity index (χ3v) is 4.50. The molecule has 0 radical (unpaired) electrons. The van der Waals surface area contributed by atoms with Gasteiger partial charge in [-0.2, -0.15) is 0 Å². The summed E-state index contributed by atoms with van der Waals surface area (Å²) in [7, 11) is 0. The third kappa shape index (κ3) is 3.65. The maximum absolute atomic E-state index is 2.20. The number of benzene rings is 4. The van der Waals surface area contributed by atoms with E-state index in [0.29, 0.717) is 0 Å². The Morgan fingerprint density at radius 2 is 0.769 bits per heavy atom. The van der Waals surface area contributed by atoms with Crippen LogP contribution in [-0.4, -0.2) is 0 Å². The first-order chi connectivity index (χ1) is 12.9. The van der Waals surface area contributed by atoms with Crippen LogP contribution in [0.5, 0.6) is 0 Å². The van der Waals surface area contributed by atoms with Gasteiger partial charge >= 0.3 is 0 Å². The van der Waals surface area contributed by atoms with E-state index in [1.807, 2.05) is 12.1 Å². The van der Waals surface area contributed by atoms with Crippen molar-refractivity contribution in [2.24, 2.45) is 0 Å². The Morgan fingerprint density at radius 1 is 0.346 bits per heavy atom. The van der Waals surface area contributed by atoms with Crippen molar-refractivity contribution in [1.29, 1.82) is 0 Å². The first kappa shape index (κ1) is 16.1. The summed E-state index contributed by atoms with van der Waals surface area (Å²) in [6.07, 6.45) is 8.73. The van der Waals surface area contributed by atoms with Gasteiger partial charge in [-0.3, -0.25) is 0 Å². The lowest BCUT2D eigenvalue weighted by molar-refractivity contribution is 1.65. The summed E-state index contributed by atoms with van der Waals surface area (Å²) in [5, 5.41) is 2.55. The molecular formula is C26H20. The molecule has 0 atom stereocenters. The van der Waals surface area contributed by atoms with E-state index in [-0.39, 0.29) is 0 Å². The average Bonchev–Trinajstić information content (AvgIpc) is 2.72. The fourth-order valence-corrected chi connectivity index (χ4v) is 3.15. The van der Waals surface area contributed by atoms with Gasteiger partial charge in [0, 0.05) is 0 Å². The molecule has 0 spiro atoms. The van der Waals surface area contributed by atoms with Crippen LogP contribution in [0.2, 0.25) is 0 Å². The van der Waals surface area contributed by atoms with Crippen LogP contribution < -0.4 is 0 Å². The van der Waals surface area contributed by atoms with Crippen molar-refractivity contribution in [3.05, 3.63) is 119 Å². The van der Waals surface area contributed by atoms with Crippen molar-refractivity contribution < 1.29 is 0 Å². The van der Waals surface area contributed by atoms with Crippen LogP contribution in [0.25, 0.3) is 35.1 Å². The monoisotopic (exact) mass is 332 g/mol. The highest BCUT2D eigenvalue weighted by Gasteiger charge is 2.01. The summed E-state index contributed by atoms with van der Waals surface area (Å²) in [5.41, 5.74) is 4.90. The standard InChI is InChI=1S/C26H20/c1-3-9-21(10-4-1)17-19-23-13-7-16-26-24(14-8-15-25(23)26)20-18-22-11-5-2-6-12-22/h1-20H/b19-17+,20-18+. The summed E-state index contributed by atoms with van der Waals surface area (Å²) >= 11 is 0. The molecule has 0 heteroatoms. The Hall–Kier alpha value is -3.38. The van der Waals surface area contributed by atoms with Crippen LogP contribution in [0, 0.1) is 0 Å². The van der Waals surface area contributed by atoms with E-state index in [0.717, 1.165) is 0 Å². The summed E-state index contributed by atoms with van der Waals surface area (Å²) in [6.45, 7) is 0. The second kappa shape index (κ2) is 7.67. The lowest BCUT2D eigenvalue weighted by Gasteiger charge is -2.06. The normalized spacial score (nSPS) is 11.5. The number of hydrogen-bond acceptors (Lipinski definition) is 0. The van der Waals surface area contributed by atoms with Gasteiger partial charge in [-0.1, -0.05) is 121 Å². The van der Waals surface area contributed by atoms with Gasteiger partial charge in [0.05, 0.1) is 0 Å². The van der Waals surface area contributed by atoms with Crippen LogP contribution in [0.4, 0.5) is 0 Å². The molecule has 0 heterocycles. The predicted molar refractivity (Wildman–Crippen MR) is 115 cm³/mol. The molecule has 0 aromatic heterocycles. The summed E-state index contributed by atoms with van der Waals surface area (Å²) in [6, 6.07) is 33.8. The molecule has 4 aromatic rings. The molecule has 0 aliphatic heterocycles. The number of fused-ring (bicyclic) bond motifs is 1. The minimum Gasteiger partial charge on any atom is -0.0622 e. The maximum Gasteiger partial charge on any atom is -0.0105 e. The van der Waals surface area contributed by atoms with E-state index in [1.54, 1.807) is 0 Å². The van der Waals surface area contributed by atoms with Gasteiger partial charge in [0.1, 0.15) is 0 Å². The highest BCUT2D eigenvalue weighted by molar-refractivity contribution is 5.98. The number of hydrogen-bond donors (Lipinski definition) is 0. The first-order valence-corrected chi connectivity index (χ1v) is 8.88. The van der Waals surface area contributed by atoms with Gasteiger partial charge < -0.3 is 0 Å². The lowest BCUT2D eigenvalue weighted by atomic mass is 9.98. The Morgan fingerprint density at radius 3 is 1.19 bits per heavy atom. The van der Waals surface area contributed by atoms with Crippen molar-refractivity contribution in [3.8, 4) is 0 Å². The summed E-state index contributed by atoms with van der Waals surface area (Å²) in [5.74, 6) is 0. The Balaban J connectivity index is 1.71. The molecule has 0 amide bonds. The second-order valence-corrected chi connectivity index (χ2v) is 6.28. The number of rotatable bonds is 4. The topological polar surface area (TPSA) is 0 Å². The fraction of sp³-hybridized carbons (Fsp3) is 0. The van der Waals surface area contributed by atoms with E-state index in [4.69, 9.17) is 0 Å². The molecule has 0 N–H and O–H groups in total. The van der Waals surface area contributed by atoms with Crippen molar-refractivity contribution >= 4 is 35.1 Å². The van der Waals surface area contributed by atoms with E-state index in [2.05, 4.69) is 109 Å². The van der Waals surface area contributed by atoms with Crippen LogP contribution in [-0.2, 0) is 0 Å². The molecule has 124 valence electrons. The molecule has 0 aliphatic carbocycles. The highest BCUT2D eigenvalue weighted by atomic mass is 14.1. The van der Waals surface area contributed by atoms with Gasteiger partial charge in [0.2, 0.25) is 0 Å². The molecule has 0 bridgehead atoms. The van der Waals surface area contributed by atoms with Gasteiger partial charge in [-0.25, -0.2) is 0 Å². The van der Waals surface area contributed by atoms with Gasteiger partial charge in [0.15, 0.2) is 0 Å². The lowest BCUT2D eigenvalue weighted by Crippen LogP contribution is -1.82. The van der Waals surface area contributed by atoms with E-state index in [9.17, 15) is 0 Å². The van der Waals surface area contributed by atoms with Crippen molar-refractivity contribution in [2.45, 2.75) is 0 Å². The smallest absolute Gasteiger partial charge is 0.0105 e. The Kier molecular flexibility index (Phi) is 4.75. The molecule has 26 heavy (non-hydrogen) atoms. The summed E-state index contributed by atoms with van der Waals surface area (Å²) < 4.78 is 0. The average molecular weight is 332 g/mol. The predicted octanol–water partition coefficient (Wildman–Crippen LogP) is 7.18. The maximum atomic E-state index is 2.20. The van der Waals surface area contributed by atoms with Gasteiger partial charge in [-0.05, 0) is 33.0 Å². The zero-order chi connectivity index (χ0) is 17.6. The summed E-state index contributed by atoms with van der Waals surface area (Å²) in [4.78, 5) is 0. The highest BCUT2D eigenvalue weighted by Crippen LogP contribution is 2.25. The molecule has 0 nitrogen and oxygen atoms in total. The fourth-order valence-electron chi connectivity index (χ4n) is 3.15. The van der Waals surface area contributed by atoms with E-state index < -0.39 is 0 Å². The molecular weight excluding hydrogens is 312 g/mol. The van der Waals surface area contributed by atoms with Crippen LogP contribution in [0.3, 0.4) is 0 Å². The van der Waals surface area contributed by atoms with Crippen LogP contribution in [0.15, 0.2) is 97.1 Å². The minimum absolute atomic E-state index is 1.21. The second-order valence-electron chi connectivity index (χ2n) is 6.28. The van der Waals surface area contributed by atoms with Crippen molar-refractivity contribution in [2.75, 3.05) is 0 Å². The van der Waals surface area contributed by atoms with Crippen LogP contribution >= 0.6 is 0 Å². The molecule has 0 saturated heterocycles. The first-order valence-electron chi connectivity index (χ1n) is 8.88. The molecule has 0 unspecified atom stereocenters. The van der Waals surface area contributed by atoms with E-state index >= 15 is 0 Å². The zero-order valence-electron chi connectivity index (χ0n) is 14.5.